The fourth-order valence-corrected chi connectivity index (χ4v) is 1.89. The molecular formula is C14H13F4N5O3. The minimum absolute atomic E-state index is 0.246. The number of benzene rings is 1. The van der Waals surface area contributed by atoms with Gasteiger partial charge in [0, 0.05) is 12.1 Å². The van der Waals surface area contributed by atoms with Crippen LogP contribution >= 0.6 is 0 Å². The predicted molar refractivity (Wildman–Crippen MR) is 83.5 cm³/mol. The summed E-state index contributed by atoms with van der Waals surface area (Å²) < 4.78 is 52.2. The van der Waals surface area contributed by atoms with Gasteiger partial charge in [0.1, 0.15) is 17.3 Å². The van der Waals surface area contributed by atoms with Crippen LogP contribution in [0.5, 0.6) is 0 Å². The van der Waals surface area contributed by atoms with Gasteiger partial charge in [0.05, 0.1) is 17.6 Å². The maximum atomic E-state index is 13.2. The van der Waals surface area contributed by atoms with Crippen LogP contribution in [-0.4, -0.2) is 32.6 Å². The molecule has 0 radical (unpaired) electrons. The van der Waals surface area contributed by atoms with E-state index in [2.05, 4.69) is 20.6 Å². The van der Waals surface area contributed by atoms with Crippen molar-refractivity contribution in [2.24, 2.45) is 0 Å². The molecule has 0 saturated carbocycles. The van der Waals surface area contributed by atoms with Crippen molar-refractivity contribution < 1.29 is 27.6 Å². The van der Waals surface area contributed by atoms with E-state index in [1.165, 1.54) is 6.92 Å². The fourth-order valence-electron chi connectivity index (χ4n) is 1.89. The molecular weight excluding hydrogens is 362 g/mol. The number of hydrogen-bond donors (Lipinski definition) is 3. The van der Waals surface area contributed by atoms with Crippen molar-refractivity contribution in [2.75, 3.05) is 17.2 Å². The van der Waals surface area contributed by atoms with Gasteiger partial charge in [0.15, 0.2) is 5.69 Å². The normalized spacial score (nSPS) is 12.5. The second kappa shape index (κ2) is 7.47. The zero-order valence-electron chi connectivity index (χ0n) is 13.2. The van der Waals surface area contributed by atoms with Gasteiger partial charge in [0.2, 0.25) is 5.95 Å². The summed E-state index contributed by atoms with van der Waals surface area (Å²) in [7, 11) is 0. The van der Waals surface area contributed by atoms with Crippen LogP contribution < -0.4 is 10.6 Å². The van der Waals surface area contributed by atoms with E-state index in [-0.39, 0.29) is 12.3 Å². The number of nitrogens with zero attached hydrogens (tertiary/aromatic N) is 3. The summed E-state index contributed by atoms with van der Waals surface area (Å²) in [6.45, 7) is 1.10. The lowest BCUT2D eigenvalue weighted by Gasteiger charge is -2.15. The number of hydrogen-bond acceptors (Lipinski definition) is 7. The summed E-state index contributed by atoms with van der Waals surface area (Å²) >= 11 is 0. The van der Waals surface area contributed by atoms with E-state index >= 15 is 0 Å². The van der Waals surface area contributed by atoms with Crippen LogP contribution in [0.15, 0.2) is 24.3 Å². The van der Waals surface area contributed by atoms with E-state index in [9.17, 15) is 27.7 Å². The summed E-state index contributed by atoms with van der Waals surface area (Å²) in [4.78, 5) is 17.2. The Labute approximate surface area is 144 Å². The molecule has 8 nitrogen and oxygen atoms in total. The van der Waals surface area contributed by atoms with Crippen LogP contribution in [0.1, 0.15) is 12.6 Å². The molecule has 1 aromatic heterocycles. The number of aliphatic hydroxyl groups excluding tert-OH is 1. The van der Waals surface area contributed by atoms with Crippen molar-refractivity contribution in [3.8, 4) is 0 Å². The summed E-state index contributed by atoms with van der Waals surface area (Å²) in [5.74, 6) is -1.71. The average Bonchev–Trinajstić information content (AvgIpc) is 2.55. The maximum Gasteiger partial charge on any atom is 0.433 e. The summed E-state index contributed by atoms with van der Waals surface area (Å²) in [6.07, 6.45) is -4.80. The molecule has 0 spiro atoms. The Morgan fingerprint density at radius 3 is 2.58 bits per heavy atom. The van der Waals surface area contributed by atoms with Crippen molar-refractivity contribution in [3.05, 3.63) is 45.9 Å². The Morgan fingerprint density at radius 2 is 2.00 bits per heavy atom. The lowest BCUT2D eigenvalue weighted by Crippen LogP contribution is -2.22. The highest BCUT2D eigenvalue weighted by Crippen LogP contribution is 2.32. The summed E-state index contributed by atoms with van der Waals surface area (Å²) in [5, 5.41) is 24.8. The van der Waals surface area contributed by atoms with Crippen molar-refractivity contribution in [2.45, 2.75) is 19.1 Å². The van der Waals surface area contributed by atoms with Crippen molar-refractivity contribution >= 4 is 23.1 Å². The molecule has 0 fully saturated rings. The number of rotatable bonds is 6. The topological polar surface area (TPSA) is 113 Å². The largest absolute Gasteiger partial charge is 0.433 e. The standard InChI is InChI=1S/C14H13F4N5O3/c1-7(6-24)19-13-21-11(14(16,17)18)5-12(22-13)20-9-3-2-8(15)4-10(9)23(25)26/h2-5,7,24H,6H2,1H3,(H2,19,20,21,22)/t7-/m1/s1. The predicted octanol–water partition coefficient (Wildman–Crippen LogP) is 3.08. The SMILES string of the molecule is C[C@H](CO)Nc1nc(Nc2ccc(F)cc2[N+](=O)[O-])cc(C(F)(F)F)n1. The van der Waals surface area contributed by atoms with E-state index in [1.807, 2.05) is 0 Å². The molecule has 140 valence electrons. The Balaban J connectivity index is 2.46. The Bertz CT molecular complexity index is 816. The zero-order chi connectivity index (χ0) is 19.5. The molecule has 12 heteroatoms. The minimum atomic E-state index is -4.80. The maximum absolute atomic E-state index is 13.2. The average molecular weight is 375 g/mol. The van der Waals surface area contributed by atoms with Gasteiger partial charge in [-0.15, -0.1) is 0 Å². The third-order valence-corrected chi connectivity index (χ3v) is 3.09. The van der Waals surface area contributed by atoms with E-state index in [0.717, 1.165) is 12.1 Å². The van der Waals surface area contributed by atoms with Crippen LogP contribution in [0.2, 0.25) is 0 Å². The molecule has 3 N–H and O–H groups in total. The lowest BCUT2D eigenvalue weighted by molar-refractivity contribution is -0.384. The lowest BCUT2D eigenvalue weighted by atomic mass is 10.2. The smallest absolute Gasteiger partial charge is 0.394 e. The first-order valence-electron chi connectivity index (χ1n) is 7.14. The molecule has 1 atom stereocenters. The third-order valence-electron chi connectivity index (χ3n) is 3.09. The molecule has 0 unspecified atom stereocenters. The number of aliphatic hydroxyl groups is 1. The quantitative estimate of drug-likeness (QED) is 0.404. The Kier molecular flexibility index (Phi) is 5.55. The van der Waals surface area contributed by atoms with Crippen molar-refractivity contribution in [3.63, 3.8) is 0 Å². The summed E-state index contributed by atoms with van der Waals surface area (Å²) in [5.41, 5.74) is -2.22. The fraction of sp³-hybridized carbons (Fsp3) is 0.286. The van der Waals surface area contributed by atoms with Crippen LogP contribution in [0.25, 0.3) is 0 Å². The van der Waals surface area contributed by atoms with Gasteiger partial charge in [-0.1, -0.05) is 0 Å². The second-order valence-electron chi connectivity index (χ2n) is 5.23. The number of anilines is 3. The highest BCUT2D eigenvalue weighted by Gasteiger charge is 2.34. The molecule has 1 aromatic carbocycles. The molecule has 1 heterocycles. The van der Waals surface area contributed by atoms with Crippen molar-refractivity contribution in [1.29, 1.82) is 0 Å². The molecule has 2 rings (SSSR count). The molecule has 2 aromatic rings. The van der Waals surface area contributed by atoms with Crippen LogP contribution in [0.3, 0.4) is 0 Å². The van der Waals surface area contributed by atoms with E-state index in [0.29, 0.717) is 12.1 Å². The first-order chi connectivity index (χ1) is 12.1. The van der Waals surface area contributed by atoms with Gasteiger partial charge in [-0.05, 0) is 19.1 Å². The van der Waals surface area contributed by atoms with E-state index < -0.39 is 46.1 Å². The number of nitro groups is 1. The second-order valence-corrected chi connectivity index (χ2v) is 5.23. The minimum Gasteiger partial charge on any atom is -0.394 e. The number of aromatic nitrogens is 2. The first kappa shape index (κ1) is 19.3. The zero-order valence-corrected chi connectivity index (χ0v) is 13.2. The van der Waals surface area contributed by atoms with Crippen LogP contribution in [0.4, 0.5) is 40.7 Å². The summed E-state index contributed by atoms with van der Waals surface area (Å²) in [6, 6.07) is 2.47. The van der Waals surface area contributed by atoms with Gasteiger partial charge in [0.25, 0.3) is 5.69 Å². The molecule has 0 aliphatic heterocycles. The Hall–Kier alpha value is -3.02. The molecule has 0 aliphatic rings. The number of halogens is 4. The Morgan fingerprint density at radius 1 is 1.31 bits per heavy atom. The highest BCUT2D eigenvalue weighted by molar-refractivity contribution is 5.68. The molecule has 0 bridgehead atoms. The van der Waals surface area contributed by atoms with Gasteiger partial charge < -0.3 is 15.7 Å². The number of nitro benzene ring substituents is 1. The van der Waals surface area contributed by atoms with Gasteiger partial charge >= 0.3 is 6.18 Å². The molecule has 0 aliphatic carbocycles. The van der Waals surface area contributed by atoms with Crippen molar-refractivity contribution in [1.82, 2.24) is 9.97 Å². The van der Waals surface area contributed by atoms with Gasteiger partial charge in [-0.2, -0.15) is 18.2 Å². The van der Waals surface area contributed by atoms with Crippen LogP contribution in [-0.2, 0) is 6.18 Å². The molecule has 26 heavy (non-hydrogen) atoms. The monoisotopic (exact) mass is 375 g/mol. The van der Waals surface area contributed by atoms with Crippen LogP contribution in [0, 0.1) is 15.9 Å². The first-order valence-corrected chi connectivity index (χ1v) is 7.14. The van der Waals surface area contributed by atoms with Gasteiger partial charge in [-0.3, -0.25) is 10.1 Å². The highest BCUT2D eigenvalue weighted by atomic mass is 19.4. The number of nitrogens with one attached hydrogen (secondary N) is 2. The number of alkyl halides is 3. The third kappa shape index (κ3) is 4.75. The van der Waals surface area contributed by atoms with E-state index in [1.54, 1.807) is 0 Å². The molecule has 0 amide bonds. The van der Waals surface area contributed by atoms with E-state index in [4.69, 9.17) is 5.11 Å². The van der Waals surface area contributed by atoms with Gasteiger partial charge in [-0.25, -0.2) is 9.37 Å². The molecule has 0 saturated heterocycles.